The van der Waals surface area contributed by atoms with Gasteiger partial charge in [0.15, 0.2) is 0 Å². The molecule has 4 atom stereocenters. The summed E-state index contributed by atoms with van der Waals surface area (Å²) in [6, 6.07) is 17.8. The Morgan fingerprint density at radius 1 is 0.545 bits per heavy atom. The van der Waals surface area contributed by atoms with E-state index >= 15 is 0 Å². The SMILES string of the molecule is C1=CC2CC1c1ccccc12.c1ccc2c(c1)C1CCC2C1. The van der Waals surface area contributed by atoms with E-state index < -0.39 is 0 Å². The molecule has 4 unspecified atom stereocenters. The zero-order chi connectivity index (χ0) is 14.5. The fraction of sp³-hybridized carbons (Fsp3) is 0.364. The monoisotopic (exact) mass is 286 g/mol. The van der Waals surface area contributed by atoms with Gasteiger partial charge in [0.2, 0.25) is 0 Å². The Kier molecular flexibility index (Phi) is 2.80. The van der Waals surface area contributed by atoms with Crippen LogP contribution in [-0.2, 0) is 0 Å². The van der Waals surface area contributed by atoms with Crippen LogP contribution in [0.2, 0.25) is 0 Å². The van der Waals surface area contributed by atoms with Gasteiger partial charge in [0.25, 0.3) is 0 Å². The predicted molar refractivity (Wildman–Crippen MR) is 91.5 cm³/mol. The predicted octanol–water partition coefficient (Wildman–Crippen LogP) is 5.88. The Morgan fingerprint density at radius 2 is 1.00 bits per heavy atom. The lowest BCUT2D eigenvalue weighted by atomic mass is 9.92. The van der Waals surface area contributed by atoms with E-state index in [1.807, 2.05) is 0 Å². The maximum atomic E-state index is 2.35. The zero-order valence-electron chi connectivity index (χ0n) is 12.9. The molecule has 4 bridgehead atoms. The van der Waals surface area contributed by atoms with Crippen molar-refractivity contribution in [2.45, 2.75) is 49.4 Å². The van der Waals surface area contributed by atoms with Crippen LogP contribution in [0.3, 0.4) is 0 Å². The highest BCUT2D eigenvalue weighted by Gasteiger charge is 2.36. The third kappa shape index (κ3) is 1.83. The van der Waals surface area contributed by atoms with Gasteiger partial charge in [0.05, 0.1) is 0 Å². The maximum Gasteiger partial charge on any atom is 0.00299 e. The topological polar surface area (TPSA) is 0 Å². The van der Waals surface area contributed by atoms with Crippen LogP contribution in [-0.4, -0.2) is 0 Å². The Morgan fingerprint density at radius 3 is 1.50 bits per heavy atom. The summed E-state index contributed by atoms with van der Waals surface area (Å²) in [6.45, 7) is 0. The molecule has 4 aliphatic carbocycles. The van der Waals surface area contributed by atoms with Crippen molar-refractivity contribution >= 4 is 0 Å². The second-order valence-electron chi connectivity index (χ2n) is 7.30. The fourth-order valence-electron chi connectivity index (χ4n) is 5.15. The Labute approximate surface area is 132 Å². The first-order chi connectivity index (χ1) is 10.9. The van der Waals surface area contributed by atoms with Gasteiger partial charge in [-0.3, -0.25) is 0 Å². The number of rotatable bonds is 0. The molecule has 2 aromatic carbocycles. The number of hydrogen-bond donors (Lipinski definition) is 0. The molecule has 0 radical (unpaired) electrons. The lowest BCUT2D eigenvalue weighted by Gasteiger charge is -2.13. The second-order valence-corrected chi connectivity index (χ2v) is 7.30. The van der Waals surface area contributed by atoms with Crippen LogP contribution in [0.4, 0.5) is 0 Å². The Balaban J connectivity index is 0.000000102. The van der Waals surface area contributed by atoms with Gasteiger partial charge in [0, 0.05) is 11.8 Å². The minimum atomic E-state index is 0.746. The molecule has 0 saturated heterocycles. The minimum absolute atomic E-state index is 0.746. The normalized spacial score (nSPS) is 31.6. The van der Waals surface area contributed by atoms with Gasteiger partial charge in [-0.25, -0.2) is 0 Å². The van der Waals surface area contributed by atoms with Gasteiger partial charge in [-0.05, 0) is 59.8 Å². The van der Waals surface area contributed by atoms with E-state index in [1.165, 1.54) is 25.7 Å². The number of fused-ring (bicyclic) bond motifs is 10. The first kappa shape index (κ1) is 12.7. The van der Waals surface area contributed by atoms with Gasteiger partial charge in [-0.2, -0.15) is 0 Å². The Bertz CT molecular complexity index is 679. The van der Waals surface area contributed by atoms with Crippen molar-refractivity contribution in [1.29, 1.82) is 0 Å². The third-order valence-electron chi connectivity index (χ3n) is 6.19. The summed E-state index contributed by atoms with van der Waals surface area (Å²) in [7, 11) is 0. The summed E-state index contributed by atoms with van der Waals surface area (Å²) < 4.78 is 0. The molecule has 4 aliphatic rings. The van der Waals surface area contributed by atoms with E-state index in [0.717, 1.165) is 23.7 Å². The van der Waals surface area contributed by atoms with Gasteiger partial charge in [-0.15, -0.1) is 0 Å². The molecule has 0 aliphatic heterocycles. The summed E-state index contributed by atoms with van der Waals surface area (Å²) >= 11 is 0. The zero-order valence-corrected chi connectivity index (χ0v) is 12.9. The molecule has 0 spiro atoms. The van der Waals surface area contributed by atoms with Crippen molar-refractivity contribution in [3.05, 3.63) is 82.9 Å². The first-order valence-electron chi connectivity index (χ1n) is 8.76. The molecule has 110 valence electrons. The molecule has 6 rings (SSSR count). The number of benzene rings is 2. The lowest BCUT2D eigenvalue weighted by molar-refractivity contribution is 0.717. The highest BCUT2D eigenvalue weighted by Crippen LogP contribution is 2.52. The summed E-state index contributed by atoms with van der Waals surface area (Å²) in [5.74, 6) is 3.35. The van der Waals surface area contributed by atoms with Gasteiger partial charge in [-0.1, -0.05) is 60.7 Å². The minimum Gasteiger partial charge on any atom is -0.0804 e. The van der Waals surface area contributed by atoms with E-state index in [0.29, 0.717) is 0 Å². The van der Waals surface area contributed by atoms with Gasteiger partial charge < -0.3 is 0 Å². The molecular formula is C22H22. The smallest absolute Gasteiger partial charge is 0.00299 e. The van der Waals surface area contributed by atoms with Crippen LogP contribution in [0.1, 0.15) is 71.6 Å². The second kappa shape index (κ2) is 4.84. The fourth-order valence-corrected chi connectivity index (χ4v) is 5.15. The van der Waals surface area contributed by atoms with Crippen LogP contribution in [0.5, 0.6) is 0 Å². The van der Waals surface area contributed by atoms with Crippen LogP contribution in [0.25, 0.3) is 0 Å². The molecule has 0 N–H and O–H groups in total. The van der Waals surface area contributed by atoms with Crippen molar-refractivity contribution in [1.82, 2.24) is 0 Å². The summed E-state index contributed by atoms with van der Waals surface area (Å²) in [4.78, 5) is 0. The molecule has 22 heavy (non-hydrogen) atoms. The van der Waals surface area contributed by atoms with Crippen LogP contribution < -0.4 is 0 Å². The van der Waals surface area contributed by atoms with Crippen molar-refractivity contribution in [3.8, 4) is 0 Å². The van der Waals surface area contributed by atoms with Crippen LogP contribution >= 0.6 is 0 Å². The van der Waals surface area contributed by atoms with E-state index in [4.69, 9.17) is 0 Å². The van der Waals surface area contributed by atoms with Crippen LogP contribution in [0.15, 0.2) is 60.7 Å². The molecule has 1 fully saturated rings. The molecule has 0 amide bonds. The third-order valence-corrected chi connectivity index (χ3v) is 6.19. The molecule has 0 heteroatoms. The van der Waals surface area contributed by atoms with Crippen molar-refractivity contribution in [2.75, 3.05) is 0 Å². The number of allylic oxidation sites excluding steroid dienone is 2. The van der Waals surface area contributed by atoms with Crippen LogP contribution in [0, 0.1) is 0 Å². The van der Waals surface area contributed by atoms with E-state index in [-0.39, 0.29) is 0 Å². The molecule has 0 aromatic heterocycles. The lowest BCUT2D eigenvalue weighted by Crippen LogP contribution is -1.95. The average molecular weight is 286 g/mol. The largest absolute Gasteiger partial charge is 0.0804 e. The number of hydrogen-bond acceptors (Lipinski definition) is 0. The summed E-state index contributed by atoms with van der Waals surface area (Å²) in [6.07, 6.45) is 10.4. The molecule has 0 nitrogen and oxygen atoms in total. The van der Waals surface area contributed by atoms with E-state index in [1.54, 1.807) is 22.3 Å². The standard InChI is InChI=1S/C11H12.C11H10/c2*1-2-4-11-9-6-5-8(7-9)10(11)3-1/h1-4,8-9H,5-7H2;1-6,8-9H,7H2. The molecule has 2 aromatic rings. The summed E-state index contributed by atoms with van der Waals surface area (Å²) in [5, 5.41) is 0. The molecular weight excluding hydrogens is 264 g/mol. The van der Waals surface area contributed by atoms with Crippen molar-refractivity contribution in [3.63, 3.8) is 0 Å². The average Bonchev–Trinajstić information content (AvgIpc) is 3.36. The molecule has 0 heterocycles. The maximum absolute atomic E-state index is 2.35. The quantitative estimate of drug-likeness (QED) is 0.531. The van der Waals surface area contributed by atoms with Gasteiger partial charge >= 0.3 is 0 Å². The summed E-state index contributed by atoms with van der Waals surface area (Å²) in [5.41, 5.74) is 6.45. The Hall–Kier alpha value is -1.82. The molecule has 1 saturated carbocycles. The highest BCUT2D eigenvalue weighted by atomic mass is 14.4. The van der Waals surface area contributed by atoms with Crippen molar-refractivity contribution < 1.29 is 0 Å². The van der Waals surface area contributed by atoms with E-state index in [2.05, 4.69) is 60.7 Å². The highest BCUT2D eigenvalue weighted by molar-refractivity contribution is 5.47. The van der Waals surface area contributed by atoms with Gasteiger partial charge in [0.1, 0.15) is 0 Å². The first-order valence-corrected chi connectivity index (χ1v) is 8.76. The van der Waals surface area contributed by atoms with E-state index in [9.17, 15) is 0 Å². The van der Waals surface area contributed by atoms with Crippen molar-refractivity contribution in [2.24, 2.45) is 0 Å².